The van der Waals surface area contributed by atoms with Gasteiger partial charge in [0.15, 0.2) is 23.3 Å². The minimum absolute atomic E-state index is 0.00770. The van der Waals surface area contributed by atoms with Gasteiger partial charge in [-0.25, -0.2) is 22.0 Å². The van der Waals surface area contributed by atoms with Crippen molar-refractivity contribution in [1.82, 2.24) is 5.32 Å². The highest BCUT2D eigenvalue weighted by molar-refractivity contribution is 5.94. The maximum Gasteiger partial charge on any atom is 0.257 e. The Labute approximate surface area is 110 Å². The molecule has 20 heavy (non-hydrogen) atoms. The van der Waals surface area contributed by atoms with Gasteiger partial charge in [0, 0.05) is 6.54 Å². The van der Waals surface area contributed by atoms with E-state index in [-0.39, 0.29) is 12.5 Å². The number of hydrogen-bond donors (Lipinski definition) is 2. The maximum absolute atomic E-state index is 13.3. The van der Waals surface area contributed by atoms with Crippen LogP contribution in [0.4, 0.5) is 22.0 Å². The summed E-state index contributed by atoms with van der Waals surface area (Å²) in [6, 6.07) is 0. The van der Waals surface area contributed by atoms with Crippen LogP contribution in [0.25, 0.3) is 0 Å². The van der Waals surface area contributed by atoms with E-state index in [9.17, 15) is 31.9 Å². The highest BCUT2D eigenvalue weighted by Crippen LogP contribution is 2.32. The van der Waals surface area contributed by atoms with E-state index in [1.165, 1.54) is 0 Å². The summed E-state index contributed by atoms with van der Waals surface area (Å²) in [5.41, 5.74) is -1.55. The molecule has 1 unspecified atom stereocenters. The van der Waals surface area contributed by atoms with Crippen molar-refractivity contribution in [1.29, 1.82) is 0 Å². The van der Waals surface area contributed by atoms with E-state index in [1.54, 1.807) is 0 Å². The highest BCUT2D eigenvalue weighted by atomic mass is 19.2. The van der Waals surface area contributed by atoms with E-state index in [0.29, 0.717) is 0 Å². The Morgan fingerprint density at radius 3 is 1.95 bits per heavy atom. The fourth-order valence-corrected chi connectivity index (χ4v) is 1.74. The van der Waals surface area contributed by atoms with Crippen LogP contribution < -0.4 is 5.32 Å². The van der Waals surface area contributed by atoms with Crippen molar-refractivity contribution in [3.8, 4) is 0 Å². The molecule has 0 heterocycles. The number of rotatable bonds is 4. The zero-order chi connectivity index (χ0) is 15.0. The fraction of sp³-hybridized carbons (Fsp3) is 0.417. The van der Waals surface area contributed by atoms with Crippen LogP contribution in [0.2, 0.25) is 0 Å². The topological polar surface area (TPSA) is 49.3 Å². The average Bonchev–Trinajstić information content (AvgIpc) is 3.25. The standard InChI is InChI=1S/C12H10F5NO2/c13-7-6(8(14)10(16)11(17)9(7)15)12(20)18-3-5(19)4-1-2-4/h4-5,19H,1-3H2,(H,18,20). The molecule has 1 aromatic rings. The molecule has 1 amide bonds. The lowest BCUT2D eigenvalue weighted by molar-refractivity contribution is 0.0889. The number of carbonyl (C=O) groups excluding carboxylic acids is 1. The molecular weight excluding hydrogens is 285 g/mol. The lowest BCUT2D eigenvalue weighted by Gasteiger charge is -2.12. The van der Waals surface area contributed by atoms with Gasteiger partial charge >= 0.3 is 0 Å². The van der Waals surface area contributed by atoms with Crippen LogP contribution in [0.3, 0.4) is 0 Å². The van der Waals surface area contributed by atoms with Crippen molar-refractivity contribution in [3.63, 3.8) is 0 Å². The predicted molar refractivity (Wildman–Crippen MR) is 57.3 cm³/mol. The molecule has 2 N–H and O–H groups in total. The van der Waals surface area contributed by atoms with E-state index in [2.05, 4.69) is 0 Å². The number of halogens is 5. The minimum Gasteiger partial charge on any atom is -0.391 e. The summed E-state index contributed by atoms with van der Waals surface area (Å²) in [6.45, 7) is -0.316. The second-order valence-electron chi connectivity index (χ2n) is 4.56. The first kappa shape index (κ1) is 14.7. The van der Waals surface area contributed by atoms with Crippen LogP contribution in [-0.2, 0) is 0 Å². The van der Waals surface area contributed by atoms with Crippen molar-refractivity contribution >= 4 is 5.91 Å². The summed E-state index contributed by atoms with van der Waals surface area (Å²) in [6.07, 6.45) is 0.624. The molecule has 110 valence electrons. The molecule has 1 saturated carbocycles. The van der Waals surface area contributed by atoms with E-state index in [0.717, 1.165) is 12.8 Å². The van der Waals surface area contributed by atoms with Crippen molar-refractivity contribution < 1.29 is 31.9 Å². The van der Waals surface area contributed by atoms with E-state index < -0.39 is 46.7 Å². The summed E-state index contributed by atoms with van der Waals surface area (Å²) in [7, 11) is 0. The third-order valence-electron chi connectivity index (χ3n) is 3.07. The molecule has 1 aliphatic carbocycles. The molecule has 0 radical (unpaired) electrons. The Kier molecular flexibility index (Phi) is 3.94. The van der Waals surface area contributed by atoms with Gasteiger partial charge in [-0.15, -0.1) is 0 Å². The van der Waals surface area contributed by atoms with Gasteiger partial charge in [0.25, 0.3) is 5.91 Å². The second-order valence-corrected chi connectivity index (χ2v) is 4.56. The zero-order valence-corrected chi connectivity index (χ0v) is 10.0. The van der Waals surface area contributed by atoms with Gasteiger partial charge in [0.05, 0.1) is 6.10 Å². The van der Waals surface area contributed by atoms with Crippen molar-refractivity contribution in [2.75, 3.05) is 6.54 Å². The molecule has 2 rings (SSSR count). The van der Waals surface area contributed by atoms with E-state index in [4.69, 9.17) is 0 Å². The first-order valence-corrected chi connectivity index (χ1v) is 5.82. The van der Waals surface area contributed by atoms with E-state index in [1.807, 2.05) is 5.32 Å². The molecule has 0 spiro atoms. The third kappa shape index (κ3) is 2.60. The minimum atomic E-state index is -2.32. The van der Waals surface area contributed by atoms with E-state index >= 15 is 0 Å². The van der Waals surface area contributed by atoms with Gasteiger partial charge in [-0.2, -0.15) is 0 Å². The van der Waals surface area contributed by atoms with Crippen LogP contribution in [0.1, 0.15) is 23.2 Å². The molecule has 3 nitrogen and oxygen atoms in total. The molecule has 0 bridgehead atoms. The molecule has 0 saturated heterocycles. The number of nitrogens with one attached hydrogen (secondary N) is 1. The summed E-state index contributed by atoms with van der Waals surface area (Å²) in [5.74, 6) is -12.5. The van der Waals surface area contributed by atoms with Crippen LogP contribution in [0, 0.1) is 35.0 Å². The van der Waals surface area contributed by atoms with Gasteiger partial charge < -0.3 is 10.4 Å². The summed E-state index contributed by atoms with van der Waals surface area (Å²) >= 11 is 0. The summed E-state index contributed by atoms with van der Waals surface area (Å²) < 4.78 is 65.2. The predicted octanol–water partition coefficient (Wildman–Crippen LogP) is 1.88. The molecule has 8 heteroatoms. The molecule has 1 atom stereocenters. The Morgan fingerprint density at radius 2 is 1.50 bits per heavy atom. The van der Waals surface area contributed by atoms with Gasteiger partial charge in [-0.3, -0.25) is 4.79 Å². The quantitative estimate of drug-likeness (QED) is 0.506. The van der Waals surface area contributed by atoms with Crippen LogP contribution in [0.15, 0.2) is 0 Å². The first-order valence-electron chi connectivity index (χ1n) is 5.82. The number of benzene rings is 1. The van der Waals surface area contributed by atoms with Crippen LogP contribution in [0.5, 0.6) is 0 Å². The SMILES string of the molecule is O=C(NCC(O)C1CC1)c1c(F)c(F)c(F)c(F)c1F. The maximum atomic E-state index is 13.3. The monoisotopic (exact) mass is 295 g/mol. The van der Waals surface area contributed by atoms with Gasteiger partial charge in [0.1, 0.15) is 5.56 Å². The Morgan fingerprint density at radius 1 is 1.05 bits per heavy atom. The smallest absolute Gasteiger partial charge is 0.257 e. The molecule has 0 aliphatic heterocycles. The van der Waals surface area contributed by atoms with Gasteiger partial charge in [-0.1, -0.05) is 0 Å². The summed E-state index contributed by atoms with van der Waals surface area (Å²) in [5, 5.41) is 11.4. The normalized spacial score (nSPS) is 16.1. The largest absolute Gasteiger partial charge is 0.391 e. The summed E-state index contributed by atoms with van der Waals surface area (Å²) in [4.78, 5) is 11.5. The lowest BCUT2D eigenvalue weighted by Crippen LogP contribution is -2.34. The van der Waals surface area contributed by atoms with Crippen molar-refractivity contribution in [3.05, 3.63) is 34.6 Å². The Balaban J connectivity index is 2.20. The molecular formula is C12H10F5NO2. The van der Waals surface area contributed by atoms with Crippen LogP contribution >= 0.6 is 0 Å². The number of aliphatic hydroxyl groups is 1. The molecule has 1 aromatic carbocycles. The van der Waals surface area contributed by atoms with Crippen LogP contribution in [-0.4, -0.2) is 23.7 Å². The lowest BCUT2D eigenvalue weighted by atomic mass is 10.1. The zero-order valence-electron chi connectivity index (χ0n) is 10.0. The van der Waals surface area contributed by atoms with Crippen molar-refractivity contribution in [2.45, 2.75) is 18.9 Å². The first-order chi connectivity index (χ1) is 9.34. The molecule has 1 aliphatic rings. The average molecular weight is 295 g/mol. The third-order valence-corrected chi connectivity index (χ3v) is 3.07. The number of carbonyl (C=O) groups is 1. The number of aliphatic hydroxyl groups excluding tert-OH is 1. The van der Waals surface area contributed by atoms with Gasteiger partial charge in [-0.05, 0) is 18.8 Å². The molecule has 1 fully saturated rings. The number of amides is 1. The fourth-order valence-electron chi connectivity index (χ4n) is 1.74. The molecule has 0 aromatic heterocycles. The van der Waals surface area contributed by atoms with Gasteiger partial charge in [0.2, 0.25) is 5.82 Å². The Hall–Kier alpha value is -1.70. The van der Waals surface area contributed by atoms with Crippen molar-refractivity contribution in [2.24, 2.45) is 5.92 Å². The number of hydrogen-bond acceptors (Lipinski definition) is 2. The second kappa shape index (κ2) is 5.35. The highest BCUT2D eigenvalue weighted by Gasteiger charge is 2.32. The Bertz CT molecular complexity index is 530.